The summed E-state index contributed by atoms with van der Waals surface area (Å²) >= 11 is 0. The van der Waals surface area contributed by atoms with Crippen molar-refractivity contribution in [2.24, 2.45) is 0 Å². The minimum atomic E-state index is -0.307. The lowest BCUT2D eigenvalue weighted by atomic mass is 10.1. The molecule has 4 rings (SSSR count). The second-order valence-electron chi connectivity index (χ2n) is 6.48. The molecule has 0 unspecified atom stereocenters. The van der Waals surface area contributed by atoms with Crippen LogP contribution in [0.4, 0.5) is 10.2 Å². The molecule has 3 aromatic rings. The van der Waals surface area contributed by atoms with Gasteiger partial charge in [0.2, 0.25) is 0 Å². The Kier molecular flexibility index (Phi) is 4.71. The highest BCUT2D eigenvalue weighted by Crippen LogP contribution is 2.30. The summed E-state index contributed by atoms with van der Waals surface area (Å²) in [7, 11) is 2.01. The number of rotatable bonds is 0. The van der Waals surface area contributed by atoms with E-state index in [1.165, 1.54) is 6.07 Å². The molecule has 0 radical (unpaired) electrons. The van der Waals surface area contributed by atoms with Crippen LogP contribution < -0.4 is 15.0 Å². The van der Waals surface area contributed by atoms with E-state index in [-0.39, 0.29) is 5.82 Å². The molecule has 136 valence electrons. The Bertz CT molecular complexity index is 910. The van der Waals surface area contributed by atoms with Crippen molar-refractivity contribution in [3.8, 4) is 16.9 Å². The molecule has 7 heteroatoms. The van der Waals surface area contributed by atoms with Crippen molar-refractivity contribution in [1.82, 2.24) is 19.9 Å². The third kappa shape index (κ3) is 3.35. The second-order valence-corrected chi connectivity index (χ2v) is 6.48. The zero-order valence-corrected chi connectivity index (χ0v) is 14.8. The lowest BCUT2D eigenvalue weighted by molar-refractivity contribution is 0.305. The molecule has 1 aromatic carbocycles. The summed E-state index contributed by atoms with van der Waals surface area (Å²) in [4.78, 5) is 6.80. The maximum absolute atomic E-state index is 14.5. The predicted octanol–water partition coefficient (Wildman–Crippen LogP) is 2.73. The first-order valence-electron chi connectivity index (χ1n) is 8.91. The fourth-order valence-corrected chi connectivity index (χ4v) is 3.09. The number of anilines is 1. The lowest BCUT2D eigenvalue weighted by Gasteiger charge is -2.19. The quantitative estimate of drug-likeness (QED) is 0.672. The summed E-state index contributed by atoms with van der Waals surface area (Å²) in [5.41, 5.74) is 1.75. The Hall–Kier alpha value is -2.67. The van der Waals surface area contributed by atoms with Crippen LogP contribution in [0.15, 0.2) is 36.7 Å². The van der Waals surface area contributed by atoms with Crippen molar-refractivity contribution in [1.29, 1.82) is 0 Å². The maximum Gasteiger partial charge on any atom is 0.165 e. The molecule has 1 aliphatic rings. The molecule has 0 saturated carbocycles. The highest BCUT2D eigenvalue weighted by Gasteiger charge is 2.15. The van der Waals surface area contributed by atoms with Crippen LogP contribution in [0.5, 0.6) is 5.75 Å². The third-order valence-electron chi connectivity index (χ3n) is 4.61. The number of benzene rings is 1. The zero-order chi connectivity index (χ0) is 17.9. The van der Waals surface area contributed by atoms with E-state index in [2.05, 4.69) is 15.3 Å². The van der Waals surface area contributed by atoms with E-state index in [0.717, 1.165) is 38.3 Å². The summed E-state index contributed by atoms with van der Waals surface area (Å²) in [5.74, 6) is 1.19. The van der Waals surface area contributed by atoms with Crippen LogP contribution in [0.3, 0.4) is 0 Å². The normalized spacial score (nSPS) is 16.0. The summed E-state index contributed by atoms with van der Waals surface area (Å²) in [6.45, 7) is 3.28. The molecule has 0 aliphatic carbocycles. The monoisotopic (exact) mass is 355 g/mol. The molecular formula is C19H22FN5O. The standard InChI is InChI=1S/C19H22FN5O/c1-24-10-8-21-7-2-3-11-26-14-4-5-17(20)15(12-14)16-13-22-25-9-6-18(24)23-19(16)25/h4-6,9,12-13,21H,2-3,7-8,10-11H2,1H3. The van der Waals surface area contributed by atoms with Gasteiger partial charge in [0.15, 0.2) is 5.65 Å². The van der Waals surface area contributed by atoms with Gasteiger partial charge in [-0.3, -0.25) is 0 Å². The Morgan fingerprint density at radius 2 is 2.08 bits per heavy atom. The summed E-state index contributed by atoms with van der Waals surface area (Å²) < 4.78 is 22.0. The van der Waals surface area contributed by atoms with E-state index in [9.17, 15) is 4.39 Å². The third-order valence-corrected chi connectivity index (χ3v) is 4.61. The average molecular weight is 355 g/mol. The fourth-order valence-electron chi connectivity index (χ4n) is 3.09. The molecule has 6 nitrogen and oxygen atoms in total. The van der Waals surface area contributed by atoms with Crippen LogP contribution in [-0.2, 0) is 0 Å². The van der Waals surface area contributed by atoms with Crippen LogP contribution in [0.25, 0.3) is 16.8 Å². The number of likely N-dealkylation sites (N-methyl/N-ethyl adjacent to an activating group) is 1. The van der Waals surface area contributed by atoms with Crippen molar-refractivity contribution in [3.05, 3.63) is 42.5 Å². The average Bonchev–Trinajstić information content (AvgIpc) is 3.07. The molecule has 0 fully saturated rings. The van der Waals surface area contributed by atoms with Gasteiger partial charge in [-0.25, -0.2) is 13.9 Å². The van der Waals surface area contributed by atoms with Gasteiger partial charge in [-0.15, -0.1) is 0 Å². The minimum Gasteiger partial charge on any atom is -0.494 e. The first kappa shape index (κ1) is 16.8. The molecule has 26 heavy (non-hydrogen) atoms. The van der Waals surface area contributed by atoms with Crippen LogP contribution in [0, 0.1) is 5.82 Å². The maximum atomic E-state index is 14.5. The number of fused-ring (bicyclic) bond motifs is 4. The van der Waals surface area contributed by atoms with Gasteiger partial charge in [0.25, 0.3) is 0 Å². The number of aromatic nitrogens is 3. The minimum absolute atomic E-state index is 0.307. The summed E-state index contributed by atoms with van der Waals surface area (Å²) in [5, 5.41) is 7.76. The Morgan fingerprint density at radius 3 is 3.00 bits per heavy atom. The number of nitrogens with one attached hydrogen (secondary N) is 1. The fraction of sp³-hybridized carbons (Fsp3) is 0.368. The van der Waals surface area contributed by atoms with E-state index < -0.39 is 0 Å². The number of nitrogens with zero attached hydrogens (tertiary/aromatic N) is 4. The van der Waals surface area contributed by atoms with Crippen molar-refractivity contribution >= 4 is 11.5 Å². The number of hydrogen-bond acceptors (Lipinski definition) is 5. The van der Waals surface area contributed by atoms with Crippen LogP contribution >= 0.6 is 0 Å². The summed E-state index contributed by atoms with van der Waals surface area (Å²) in [6, 6.07) is 6.75. The highest BCUT2D eigenvalue weighted by molar-refractivity contribution is 5.78. The van der Waals surface area contributed by atoms with Gasteiger partial charge in [0.05, 0.1) is 12.8 Å². The van der Waals surface area contributed by atoms with Crippen molar-refractivity contribution in [2.75, 3.05) is 38.2 Å². The van der Waals surface area contributed by atoms with Crippen LogP contribution in [0.1, 0.15) is 12.8 Å². The highest BCUT2D eigenvalue weighted by atomic mass is 19.1. The van der Waals surface area contributed by atoms with Crippen molar-refractivity contribution < 1.29 is 9.13 Å². The van der Waals surface area contributed by atoms with Gasteiger partial charge in [-0.2, -0.15) is 5.10 Å². The van der Waals surface area contributed by atoms with Crippen molar-refractivity contribution in [3.63, 3.8) is 0 Å². The van der Waals surface area contributed by atoms with E-state index in [1.54, 1.807) is 22.8 Å². The molecule has 3 heterocycles. The van der Waals surface area contributed by atoms with Gasteiger partial charge < -0.3 is 15.0 Å². The largest absolute Gasteiger partial charge is 0.494 e. The SMILES string of the molecule is CN1CCNCCCCOc2ccc(F)c(c2)-c2cnn3ccc1nc23. The number of halogens is 1. The molecule has 0 atom stereocenters. The van der Waals surface area contributed by atoms with Gasteiger partial charge >= 0.3 is 0 Å². The van der Waals surface area contributed by atoms with Crippen LogP contribution in [0.2, 0.25) is 0 Å². The van der Waals surface area contributed by atoms with Gasteiger partial charge in [0, 0.05) is 37.5 Å². The van der Waals surface area contributed by atoms with Gasteiger partial charge in [0.1, 0.15) is 17.4 Å². The Morgan fingerprint density at radius 1 is 1.15 bits per heavy atom. The first-order valence-corrected chi connectivity index (χ1v) is 8.91. The van der Waals surface area contributed by atoms with E-state index in [4.69, 9.17) is 9.72 Å². The Balaban J connectivity index is 1.80. The molecule has 4 bridgehead atoms. The smallest absolute Gasteiger partial charge is 0.165 e. The zero-order valence-electron chi connectivity index (χ0n) is 14.8. The van der Waals surface area contributed by atoms with Crippen molar-refractivity contribution in [2.45, 2.75) is 12.8 Å². The van der Waals surface area contributed by atoms with E-state index >= 15 is 0 Å². The predicted molar refractivity (Wildman–Crippen MR) is 99.2 cm³/mol. The Labute approximate surface area is 151 Å². The molecule has 1 aliphatic heterocycles. The van der Waals surface area contributed by atoms with E-state index in [1.807, 2.05) is 19.3 Å². The lowest BCUT2D eigenvalue weighted by Crippen LogP contribution is -2.30. The molecule has 0 spiro atoms. The van der Waals surface area contributed by atoms with Gasteiger partial charge in [-0.05, 0) is 43.7 Å². The van der Waals surface area contributed by atoms with Crippen LogP contribution in [-0.4, -0.2) is 47.9 Å². The molecular weight excluding hydrogens is 333 g/mol. The summed E-state index contributed by atoms with van der Waals surface area (Å²) in [6.07, 6.45) is 5.50. The number of ether oxygens (including phenoxy) is 1. The van der Waals surface area contributed by atoms with Gasteiger partial charge in [-0.1, -0.05) is 0 Å². The second kappa shape index (κ2) is 7.29. The molecule has 2 aromatic heterocycles. The topological polar surface area (TPSA) is 54.7 Å². The number of hydrogen-bond donors (Lipinski definition) is 1. The first-order chi connectivity index (χ1) is 12.7. The molecule has 1 N–H and O–H groups in total. The molecule has 0 saturated heterocycles. The van der Waals surface area contributed by atoms with E-state index in [0.29, 0.717) is 29.1 Å². The molecule has 0 amide bonds.